The highest BCUT2D eigenvalue weighted by Gasteiger charge is 2.52. The molecule has 3 rings (SSSR count). The third-order valence-electron chi connectivity index (χ3n) is 3.92. The Kier molecular flexibility index (Phi) is 2.74. The second-order valence-electron chi connectivity index (χ2n) is 5.46. The number of aliphatic hydroxyl groups excluding tert-OH is 2. The Bertz CT molecular complexity index is 515. The number of rotatable bonds is 1. The summed E-state index contributed by atoms with van der Waals surface area (Å²) < 4.78 is 16.8. The summed E-state index contributed by atoms with van der Waals surface area (Å²) in [6, 6.07) is 3.81. The molecule has 0 unspecified atom stereocenters. The van der Waals surface area contributed by atoms with Crippen LogP contribution in [0.25, 0.3) is 0 Å². The maximum atomic E-state index is 10.0. The van der Waals surface area contributed by atoms with Crippen LogP contribution in [0.1, 0.15) is 30.6 Å². The Balaban J connectivity index is 2.14. The minimum Gasteiger partial charge on any atom is -0.496 e. The zero-order valence-electron chi connectivity index (χ0n) is 11.2. The van der Waals surface area contributed by atoms with Crippen LogP contribution in [0.15, 0.2) is 12.1 Å². The highest BCUT2D eigenvalue weighted by atomic mass is 16.6. The zero-order valence-corrected chi connectivity index (χ0v) is 11.2. The summed E-state index contributed by atoms with van der Waals surface area (Å²) in [7, 11) is 1.59. The van der Waals surface area contributed by atoms with E-state index in [-0.39, 0.29) is 6.10 Å². The van der Waals surface area contributed by atoms with Gasteiger partial charge in [-0.1, -0.05) is 0 Å². The molecule has 1 saturated heterocycles. The fraction of sp³-hybridized carbons (Fsp3) is 0.571. The molecule has 1 fully saturated rings. The second-order valence-corrected chi connectivity index (χ2v) is 5.46. The number of hydrogen-bond acceptors (Lipinski definition) is 5. The first-order valence-corrected chi connectivity index (χ1v) is 6.34. The van der Waals surface area contributed by atoms with Crippen molar-refractivity contribution in [3.63, 3.8) is 0 Å². The largest absolute Gasteiger partial charge is 0.496 e. The zero-order chi connectivity index (χ0) is 13.8. The highest BCUT2D eigenvalue weighted by Crippen LogP contribution is 2.51. The molecule has 2 aliphatic heterocycles. The third kappa shape index (κ3) is 1.81. The lowest BCUT2D eigenvalue weighted by Crippen LogP contribution is -2.58. The van der Waals surface area contributed by atoms with Crippen LogP contribution in [0.4, 0.5) is 0 Å². The smallest absolute Gasteiger partial charge is 0.185 e. The summed E-state index contributed by atoms with van der Waals surface area (Å²) in [4.78, 5) is 0. The molecule has 0 spiro atoms. The molecule has 104 valence electrons. The molecule has 5 heteroatoms. The Morgan fingerprint density at radius 1 is 1.37 bits per heavy atom. The van der Waals surface area contributed by atoms with E-state index in [0.29, 0.717) is 17.9 Å². The van der Waals surface area contributed by atoms with E-state index in [1.165, 1.54) is 0 Å². The number of aliphatic hydroxyl groups is 2. The van der Waals surface area contributed by atoms with Crippen molar-refractivity contribution in [1.29, 1.82) is 0 Å². The molecule has 4 atom stereocenters. The summed E-state index contributed by atoms with van der Waals surface area (Å²) in [5.41, 5.74) is 0.972. The molecule has 0 saturated carbocycles. The fourth-order valence-corrected chi connectivity index (χ4v) is 2.91. The normalized spacial score (nSPS) is 36.4. The molecule has 0 aliphatic carbocycles. The van der Waals surface area contributed by atoms with Gasteiger partial charge in [0.15, 0.2) is 6.29 Å². The lowest BCUT2D eigenvalue weighted by molar-refractivity contribution is -0.279. The van der Waals surface area contributed by atoms with Crippen LogP contribution in [-0.2, 0) is 4.74 Å². The van der Waals surface area contributed by atoms with Crippen LogP contribution in [-0.4, -0.2) is 35.3 Å². The Morgan fingerprint density at radius 2 is 2.11 bits per heavy atom. The molecule has 0 radical (unpaired) electrons. The summed E-state index contributed by atoms with van der Waals surface area (Å²) >= 11 is 0. The number of methoxy groups -OCH3 is 1. The van der Waals surface area contributed by atoms with Crippen molar-refractivity contribution < 1.29 is 24.4 Å². The Morgan fingerprint density at radius 3 is 2.79 bits per heavy atom. The summed E-state index contributed by atoms with van der Waals surface area (Å²) in [5.74, 6) is 1.34. The molecular formula is C14H18O5. The van der Waals surface area contributed by atoms with E-state index in [4.69, 9.17) is 14.2 Å². The molecule has 2 heterocycles. The molecule has 0 amide bonds. The van der Waals surface area contributed by atoms with Crippen molar-refractivity contribution >= 4 is 0 Å². The number of fused-ring (bicyclic) bond motifs is 4. The molecule has 2 aliphatic rings. The van der Waals surface area contributed by atoms with Gasteiger partial charge in [0, 0.05) is 6.42 Å². The lowest BCUT2D eigenvalue weighted by atomic mass is 9.82. The van der Waals surface area contributed by atoms with Gasteiger partial charge in [-0.05, 0) is 31.5 Å². The Labute approximate surface area is 111 Å². The first-order valence-electron chi connectivity index (χ1n) is 6.34. The van der Waals surface area contributed by atoms with Crippen LogP contribution in [0.2, 0.25) is 0 Å². The van der Waals surface area contributed by atoms with E-state index in [2.05, 4.69) is 0 Å². The van der Waals surface area contributed by atoms with Gasteiger partial charge in [-0.3, -0.25) is 0 Å². The van der Waals surface area contributed by atoms with Crippen LogP contribution < -0.4 is 9.47 Å². The van der Waals surface area contributed by atoms with Gasteiger partial charge >= 0.3 is 0 Å². The Hall–Kier alpha value is -1.30. The van der Waals surface area contributed by atoms with Gasteiger partial charge in [0.2, 0.25) is 0 Å². The quantitative estimate of drug-likeness (QED) is 0.802. The van der Waals surface area contributed by atoms with Crippen molar-refractivity contribution in [2.45, 2.75) is 44.4 Å². The van der Waals surface area contributed by atoms with E-state index in [9.17, 15) is 10.2 Å². The van der Waals surface area contributed by atoms with Crippen LogP contribution in [0.3, 0.4) is 0 Å². The molecule has 2 bridgehead atoms. The summed E-state index contributed by atoms with van der Waals surface area (Å²) in [6.45, 7) is 3.74. The molecule has 5 nitrogen and oxygen atoms in total. The maximum Gasteiger partial charge on any atom is 0.185 e. The van der Waals surface area contributed by atoms with Gasteiger partial charge in [-0.25, -0.2) is 0 Å². The molecule has 1 aromatic carbocycles. The SMILES string of the molecule is COc1cc(C)cc2c1[C@@H]1C[C@](C)(O2)[C@H](O)[C@@H](O)O1. The maximum absolute atomic E-state index is 10.0. The van der Waals surface area contributed by atoms with Crippen molar-refractivity contribution in [1.82, 2.24) is 0 Å². The van der Waals surface area contributed by atoms with Crippen molar-refractivity contribution in [2.75, 3.05) is 7.11 Å². The summed E-state index contributed by atoms with van der Waals surface area (Å²) in [6.07, 6.45) is -2.16. The van der Waals surface area contributed by atoms with Crippen LogP contribution >= 0.6 is 0 Å². The standard InChI is InChI=1S/C14H18O5/c1-7-4-8(17-3)11-9(5-7)19-14(2)6-10(11)18-13(16)12(14)15/h4-5,10,12-13,15-16H,6H2,1-3H3/t10-,12+,13-,14-/m0/s1. The average molecular weight is 266 g/mol. The van der Waals surface area contributed by atoms with E-state index in [1.807, 2.05) is 19.1 Å². The van der Waals surface area contributed by atoms with E-state index >= 15 is 0 Å². The number of aryl methyl sites for hydroxylation is 1. The van der Waals surface area contributed by atoms with E-state index < -0.39 is 18.0 Å². The van der Waals surface area contributed by atoms with Gasteiger partial charge in [0.1, 0.15) is 23.2 Å². The third-order valence-corrected chi connectivity index (χ3v) is 3.92. The van der Waals surface area contributed by atoms with Gasteiger partial charge < -0.3 is 24.4 Å². The van der Waals surface area contributed by atoms with E-state index in [0.717, 1.165) is 11.1 Å². The fourth-order valence-electron chi connectivity index (χ4n) is 2.91. The predicted molar refractivity (Wildman–Crippen MR) is 67.2 cm³/mol. The lowest BCUT2D eigenvalue weighted by Gasteiger charge is -2.48. The molecule has 0 aromatic heterocycles. The molecular weight excluding hydrogens is 248 g/mol. The average Bonchev–Trinajstić information content (AvgIpc) is 2.34. The minimum absolute atomic E-state index is 0.331. The van der Waals surface area contributed by atoms with Gasteiger partial charge in [-0.2, -0.15) is 0 Å². The second kappa shape index (κ2) is 4.10. The number of ether oxygens (including phenoxy) is 3. The first kappa shape index (κ1) is 12.7. The molecule has 1 aromatic rings. The topological polar surface area (TPSA) is 68.2 Å². The van der Waals surface area contributed by atoms with Gasteiger partial charge in [0.25, 0.3) is 0 Å². The van der Waals surface area contributed by atoms with Gasteiger partial charge in [0.05, 0.1) is 18.8 Å². The minimum atomic E-state index is -1.25. The molecule has 19 heavy (non-hydrogen) atoms. The van der Waals surface area contributed by atoms with E-state index in [1.54, 1.807) is 14.0 Å². The van der Waals surface area contributed by atoms with Crippen molar-refractivity contribution in [2.24, 2.45) is 0 Å². The monoisotopic (exact) mass is 266 g/mol. The van der Waals surface area contributed by atoms with Crippen molar-refractivity contribution in [3.8, 4) is 11.5 Å². The highest BCUT2D eigenvalue weighted by molar-refractivity contribution is 5.51. The van der Waals surface area contributed by atoms with Crippen molar-refractivity contribution in [3.05, 3.63) is 23.3 Å². The number of hydrogen-bond donors (Lipinski definition) is 2. The first-order chi connectivity index (χ1) is 8.94. The summed E-state index contributed by atoms with van der Waals surface area (Å²) in [5, 5.41) is 19.8. The van der Waals surface area contributed by atoms with Gasteiger partial charge in [-0.15, -0.1) is 0 Å². The van der Waals surface area contributed by atoms with Crippen LogP contribution in [0.5, 0.6) is 11.5 Å². The number of benzene rings is 1. The van der Waals surface area contributed by atoms with Crippen LogP contribution in [0, 0.1) is 6.92 Å². The molecule has 2 N–H and O–H groups in total. The predicted octanol–water partition coefficient (Wildman–Crippen LogP) is 1.30.